The molecule has 3 rings (SSSR count). The Morgan fingerprint density at radius 2 is 2.00 bits per heavy atom. The average molecular weight is 311 g/mol. The Morgan fingerprint density at radius 1 is 1.23 bits per heavy atom. The molecule has 22 heavy (non-hydrogen) atoms. The van der Waals surface area contributed by atoms with Crippen LogP contribution in [-0.4, -0.2) is 15.6 Å². The lowest BCUT2D eigenvalue weighted by atomic mass is 10.0. The van der Waals surface area contributed by atoms with Gasteiger partial charge in [-0.15, -0.1) is 0 Å². The van der Waals surface area contributed by atoms with Crippen molar-refractivity contribution in [3.63, 3.8) is 0 Å². The van der Waals surface area contributed by atoms with E-state index in [0.717, 1.165) is 16.5 Å². The largest absolute Gasteiger partial charge is 0.289 e. The molecule has 0 saturated carbocycles. The number of nitrogens with zero attached hydrogens (tertiary/aromatic N) is 2. The maximum Gasteiger partial charge on any atom is 0.185 e. The van der Waals surface area contributed by atoms with Gasteiger partial charge < -0.3 is 0 Å². The molecule has 0 spiro atoms. The molecule has 110 valence electrons. The molecule has 0 atom stereocenters. The van der Waals surface area contributed by atoms with Crippen LogP contribution in [0.15, 0.2) is 54.7 Å². The zero-order valence-electron chi connectivity index (χ0n) is 12.2. The van der Waals surface area contributed by atoms with Gasteiger partial charge in [-0.2, -0.15) is 5.10 Å². The summed E-state index contributed by atoms with van der Waals surface area (Å²) >= 11 is 6.09. The molecule has 0 aliphatic rings. The lowest BCUT2D eigenvalue weighted by Gasteiger charge is -2.01. The van der Waals surface area contributed by atoms with Crippen molar-refractivity contribution in [3.8, 4) is 0 Å². The highest BCUT2D eigenvalue weighted by atomic mass is 35.5. The number of ketones is 1. The van der Waals surface area contributed by atoms with Gasteiger partial charge in [-0.05, 0) is 35.9 Å². The third-order valence-electron chi connectivity index (χ3n) is 3.56. The van der Waals surface area contributed by atoms with Gasteiger partial charge in [0.05, 0.1) is 16.9 Å². The van der Waals surface area contributed by atoms with Crippen LogP contribution in [0.2, 0.25) is 5.02 Å². The minimum atomic E-state index is -0.0503. The molecule has 0 N–H and O–H groups in total. The fourth-order valence-electron chi connectivity index (χ4n) is 2.38. The van der Waals surface area contributed by atoms with Gasteiger partial charge in [0.25, 0.3) is 0 Å². The molecule has 0 unspecified atom stereocenters. The monoisotopic (exact) mass is 310 g/mol. The van der Waals surface area contributed by atoms with Crippen molar-refractivity contribution < 1.29 is 4.79 Å². The maximum absolute atomic E-state index is 12.3. The lowest BCUT2D eigenvalue weighted by Crippen LogP contribution is -1.99. The van der Waals surface area contributed by atoms with E-state index in [1.165, 1.54) is 0 Å². The van der Waals surface area contributed by atoms with Crippen molar-refractivity contribution in [2.75, 3.05) is 0 Å². The predicted molar refractivity (Wildman–Crippen MR) is 90.2 cm³/mol. The van der Waals surface area contributed by atoms with Gasteiger partial charge in [-0.1, -0.05) is 48.0 Å². The lowest BCUT2D eigenvalue weighted by molar-refractivity contribution is 0.104. The van der Waals surface area contributed by atoms with Crippen LogP contribution in [0.1, 0.15) is 23.0 Å². The van der Waals surface area contributed by atoms with Crippen LogP contribution in [0.4, 0.5) is 0 Å². The fraction of sp³-hybridized carbons (Fsp3) is 0.111. The van der Waals surface area contributed by atoms with E-state index < -0.39 is 0 Å². The molecule has 0 amide bonds. The molecule has 1 aromatic heterocycles. The first-order valence-corrected chi connectivity index (χ1v) is 7.49. The van der Waals surface area contributed by atoms with E-state index in [2.05, 4.69) is 5.10 Å². The standard InChI is InChI=1S/C18H15ClN2O/c1-2-21-17(16(19)12-20-21)9-10-18(22)15-8-7-13-5-3-4-6-14(13)11-15/h3-12H,2H2,1H3/b10-9+. The van der Waals surface area contributed by atoms with E-state index in [1.807, 2.05) is 49.4 Å². The Bertz CT molecular complexity index is 864. The fourth-order valence-corrected chi connectivity index (χ4v) is 2.59. The molecule has 0 aliphatic heterocycles. The topological polar surface area (TPSA) is 34.9 Å². The highest BCUT2D eigenvalue weighted by molar-refractivity contribution is 6.32. The summed E-state index contributed by atoms with van der Waals surface area (Å²) in [7, 11) is 0. The van der Waals surface area contributed by atoms with Crippen LogP contribution in [0, 0.1) is 0 Å². The number of aryl methyl sites for hydroxylation is 1. The number of carbonyl (C=O) groups is 1. The summed E-state index contributed by atoms with van der Waals surface area (Å²) in [6.45, 7) is 2.68. The summed E-state index contributed by atoms with van der Waals surface area (Å²) in [6, 6.07) is 13.7. The molecule has 2 aromatic carbocycles. The summed E-state index contributed by atoms with van der Waals surface area (Å²) < 4.78 is 1.76. The summed E-state index contributed by atoms with van der Waals surface area (Å²) in [4.78, 5) is 12.3. The van der Waals surface area contributed by atoms with Gasteiger partial charge in [0, 0.05) is 12.1 Å². The molecule has 0 radical (unpaired) electrons. The second-order valence-electron chi connectivity index (χ2n) is 4.95. The molecule has 3 nitrogen and oxygen atoms in total. The number of aromatic nitrogens is 2. The molecule has 0 aliphatic carbocycles. The van der Waals surface area contributed by atoms with Crippen molar-refractivity contribution >= 4 is 34.2 Å². The normalized spacial score (nSPS) is 11.4. The first-order valence-electron chi connectivity index (χ1n) is 7.11. The number of carbonyl (C=O) groups excluding carboxylic acids is 1. The van der Waals surface area contributed by atoms with Crippen molar-refractivity contribution in [1.82, 2.24) is 9.78 Å². The molecule has 0 saturated heterocycles. The number of rotatable bonds is 4. The molecule has 4 heteroatoms. The van der Waals surface area contributed by atoms with Crippen molar-refractivity contribution in [3.05, 3.63) is 71.0 Å². The third-order valence-corrected chi connectivity index (χ3v) is 3.85. The summed E-state index contributed by atoms with van der Waals surface area (Å²) in [5.41, 5.74) is 1.41. The second-order valence-corrected chi connectivity index (χ2v) is 5.36. The molecule has 1 heterocycles. The third kappa shape index (κ3) is 2.81. The molecule has 3 aromatic rings. The summed E-state index contributed by atoms with van der Waals surface area (Å²) in [5, 5.41) is 6.87. The number of allylic oxidation sites excluding steroid dienone is 1. The average Bonchev–Trinajstić information content (AvgIpc) is 2.92. The van der Waals surface area contributed by atoms with Gasteiger partial charge >= 0.3 is 0 Å². The van der Waals surface area contributed by atoms with Gasteiger partial charge in [-0.25, -0.2) is 0 Å². The van der Waals surface area contributed by atoms with Crippen molar-refractivity contribution in [1.29, 1.82) is 0 Å². The number of fused-ring (bicyclic) bond motifs is 1. The first kappa shape index (κ1) is 14.5. The van der Waals surface area contributed by atoms with Gasteiger partial charge in [0.1, 0.15) is 0 Å². The quantitative estimate of drug-likeness (QED) is 0.521. The Kier molecular flexibility index (Phi) is 4.07. The number of halogens is 1. The van der Waals surface area contributed by atoms with Crippen molar-refractivity contribution in [2.45, 2.75) is 13.5 Å². The molecule has 0 bridgehead atoms. The van der Waals surface area contributed by atoms with E-state index >= 15 is 0 Å². The molecular formula is C18H15ClN2O. The van der Waals surface area contributed by atoms with Crippen LogP contribution in [0.5, 0.6) is 0 Å². The minimum Gasteiger partial charge on any atom is -0.289 e. The van der Waals surface area contributed by atoms with Gasteiger partial charge in [0.15, 0.2) is 5.78 Å². The van der Waals surface area contributed by atoms with Gasteiger partial charge in [0.2, 0.25) is 0 Å². The van der Waals surface area contributed by atoms with E-state index in [9.17, 15) is 4.79 Å². The van der Waals surface area contributed by atoms with Crippen LogP contribution < -0.4 is 0 Å². The van der Waals surface area contributed by atoms with Gasteiger partial charge in [-0.3, -0.25) is 9.48 Å². The zero-order chi connectivity index (χ0) is 15.5. The maximum atomic E-state index is 12.3. The minimum absolute atomic E-state index is 0.0503. The van der Waals surface area contributed by atoms with E-state index in [1.54, 1.807) is 23.0 Å². The Labute approximate surface area is 133 Å². The predicted octanol–water partition coefficient (Wildman–Crippen LogP) is 4.61. The summed E-state index contributed by atoms with van der Waals surface area (Å²) in [6.07, 6.45) is 4.85. The Balaban J connectivity index is 1.89. The van der Waals surface area contributed by atoms with E-state index in [4.69, 9.17) is 11.6 Å². The zero-order valence-corrected chi connectivity index (χ0v) is 12.9. The Morgan fingerprint density at radius 3 is 2.77 bits per heavy atom. The van der Waals surface area contributed by atoms with Crippen LogP contribution in [-0.2, 0) is 6.54 Å². The number of benzene rings is 2. The summed E-state index contributed by atoms with van der Waals surface area (Å²) in [5.74, 6) is -0.0503. The molecule has 0 fully saturated rings. The van der Waals surface area contributed by atoms with Crippen molar-refractivity contribution in [2.24, 2.45) is 0 Å². The highest BCUT2D eigenvalue weighted by Crippen LogP contribution is 2.19. The first-order chi connectivity index (χ1) is 10.7. The SMILES string of the molecule is CCn1ncc(Cl)c1/C=C/C(=O)c1ccc2ccccc2c1. The van der Waals surface area contributed by atoms with Crippen LogP contribution >= 0.6 is 11.6 Å². The Hall–Kier alpha value is -2.39. The second kappa shape index (κ2) is 6.16. The van der Waals surface area contributed by atoms with Crippen LogP contribution in [0.3, 0.4) is 0 Å². The highest BCUT2D eigenvalue weighted by Gasteiger charge is 2.07. The molecular weight excluding hydrogens is 296 g/mol. The van der Waals surface area contributed by atoms with E-state index in [-0.39, 0.29) is 5.78 Å². The number of hydrogen-bond donors (Lipinski definition) is 0. The van der Waals surface area contributed by atoms with Crippen LogP contribution in [0.25, 0.3) is 16.8 Å². The van der Waals surface area contributed by atoms with E-state index in [0.29, 0.717) is 17.1 Å². The smallest absolute Gasteiger partial charge is 0.185 e. The number of hydrogen-bond acceptors (Lipinski definition) is 2.